The molecule has 0 amide bonds. The van der Waals surface area contributed by atoms with Gasteiger partial charge in [-0.25, -0.2) is 4.39 Å². The van der Waals surface area contributed by atoms with Crippen LogP contribution >= 0.6 is 0 Å². The van der Waals surface area contributed by atoms with Gasteiger partial charge in [-0.1, -0.05) is 18.2 Å². The molecule has 0 aliphatic heterocycles. The minimum atomic E-state index is -0.105. The fraction of sp³-hybridized carbons (Fsp3) is 0.353. The Bertz CT molecular complexity index is 633. The van der Waals surface area contributed by atoms with Gasteiger partial charge in [0, 0.05) is 13.1 Å². The molecule has 0 saturated heterocycles. The van der Waals surface area contributed by atoms with Gasteiger partial charge in [0.25, 0.3) is 0 Å². The van der Waals surface area contributed by atoms with Crippen LogP contribution in [-0.4, -0.2) is 19.0 Å². The molecule has 5 heteroatoms. The Kier molecular flexibility index (Phi) is 4.42. The van der Waals surface area contributed by atoms with E-state index in [0.29, 0.717) is 18.5 Å². The second-order valence-corrected chi connectivity index (χ2v) is 5.54. The molecule has 4 nitrogen and oxygen atoms in total. The molecule has 1 aromatic carbocycles. The van der Waals surface area contributed by atoms with Crippen molar-refractivity contribution in [3.63, 3.8) is 0 Å². The van der Waals surface area contributed by atoms with Crippen LogP contribution in [0.2, 0.25) is 0 Å². The predicted molar refractivity (Wildman–Crippen MR) is 84.2 cm³/mol. The van der Waals surface area contributed by atoms with Crippen LogP contribution in [0.5, 0.6) is 0 Å². The summed E-state index contributed by atoms with van der Waals surface area (Å²) >= 11 is 0. The third-order valence-electron chi connectivity index (χ3n) is 4.06. The number of aliphatic imine (C=N–C) groups is 1. The summed E-state index contributed by atoms with van der Waals surface area (Å²) in [6.45, 7) is 0.593. The quantitative estimate of drug-likeness (QED) is 0.674. The standard InChI is InChI=1S/C17H20FN3O/c1-19-17(20-11-14-5-4-8-22-14)21-13-9-12(10-13)15-6-2-3-7-16(15)18/h2-8,12-13H,9-11H2,1H3,(H2,19,20,21). The summed E-state index contributed by atoms with van der Waals surface area (Å²) in [7, 11) is 1.74. The minimum absolute atomic E-state index is 0.105. The highest BCUT2D eigenvalue weighted by Gasteiger charge is 2.32. The van der Waals surface area contributed by atoms with E-state index in [9.17, 15) is 4.39 Å². The normalized spacial score (nSPS) is 21.3. The zero-order valence-corrected chi connectivity index (χ0v) is 12.6. The van der Waals surface area contributed by atoms with Crippen molar-refractivity contribution < 1.29 is 8.81 Å². The molecular weight excluding hydrogens is 281 g/mol. The molecule has 1 aromatic heterocycles. The number of nitrogens with one attached hydrogen (secondary N) is 2. The van der Waals surface area contributed by atoms with Gasteiger partial charge in [0.05, 0.1) is 12.8 Å². The van der Waals surface area contributed by atoms with Crippen molar-refractivity contribution in [3.8, 4) is 0 Å². The maximum absolute atomic E-state index is 13.7. The highest BCUT2D eigenvalue weighted by molar-refractivity contribution is 5.80. The summed E-state index contributed by atoms with van der Waals surface area (Å²) in [5.74, 6) is 1.79. The van der Waals surface area contributed by atoms with Gasteiger partial charge in [0.2, 0.25) is 0 Å². The zero-order valence-electron chi connectivity index (χ0n) is 12.6. The first-order valence-corrected chi connectivity index (χ1v) is 7.50. The average molecular weight is 301 g/mol. The van der Waals surface area contributed by atoms with Crippen LogP contribution in [0.15, 0.2) is 52.1 Å². The van der Waals surface area contributed by atoms with Crippen molar-refractivity contribution in [2.45, 2.75) is 31.3 Å². The molecule has 0 unspecified atom stereocenters. The molecule has 22 heavy (non-hydrogen) atoms. The Morgan fingerprint density at radius 2 is 2.09 bits per heavy atom. The van der Waals surface area contributed by atoms with Crippen molar-refractivity contribution >= 4 is 5.96 Å². The monoisotopic (exact) mass is 301 g/mol. The predicted octanol–water partition coefficient (Wildman–Crippen LogP) is 3.03. The molecule has 0 bridgehead atoms. The number of guanidine groups is 1. The van der Waals surface area contributed by atoms with E-state index < -0.39 is 0 Å². The van der Waals surface area contributed by atoms with Gasteiger partial charge in [-0.15, -0.1) is 0 Å². The van der Waals surface area contributed by atoms with Gasteiger partial charge in [-0.05, 0) is 42.5 Å². The molecule has 0 spiro atoms. The smallest absolute Gasteiger partial charge is 0.191 e. The van der Waals surface area contributed by atoms with E-state index in [1.165, 1.54) is 6.07 Å². The van der Waals surface area contributed by atoms with Gasteiger partial charge in [0.15, 0.2) is 5.96 Å². The van der Waals surface area contributed by atoms with Crippen molar-refractivity contribution in [3.05, 3.63) is 59.8 Å². The van der Waals surface area contributed by atoms with E-state index in [2.05, 4.69) is 15.6 Å². The van der Waals surface area contributed by atoms with E-state index in [-0.39, 0.29) is 5.82 Å². The van der Waals surface area contributed by atoms with E-state index in [1.807, 2.05) is 24.3 Å². The van der Waals surface area contributed by atoms with Crippen LogP contribution in [-0.2, 0) is 6.54 Å². The number of benzene rings is 1. The lowest BCUT2D eigenvalue weighted by Crippen LogP contribution is -2.48. The average Bonchev–Trinajstić information content (AvgIpc) is 3.00. The molecule has 116 valence electrons. The van der Waals surface area contributed by atoms with Crippen LogP contribution < -0.4 is 10.6 Å². The van der Waals surface area contributed by atoms with Crippen LogP contribution in [0.4, 0.5) is 4.39 Å². The number of furan rings is 1. The summed E-state index contributed by atoms with van der Waals surface area (Å²) in [6, 6.07) is 11.1. The largest absolute Gasteiger partial charge is 0.467 e. The number of rotatable bonds is 4. The Hall–Kier alpha value is -2.30. The summed E-state index contributed by atoms with van der Waals surface area (Å²) in [5, 5.41) is 6.57. The molecule has 0 atom stereocenters. The molecule has 2 aromatic rings. The number of hydrogen-bond donors (Lipinski definition) is 2. The molecule has 1 aliphatic rings. The molecule has 1 fully saturated rings. The third-order valence-corrected chi connectivity index (χ3v) is 4.06. The van der Waals surface area contributed by atoms with E-state index in [0.717, 1.165) is 30.1 Å². The molecule has 1 aliphatic carbocycles. The molecule has 2 N–H and O–H groups in total. The first-order chi connectivity index (χ1) is 10.8. The first-order valence-electron chi connectivity index (χ1n) is 7.50. The summed E-state index contributed by atoms with van der Waals surface area (Å²) < 4.78 is 19.0. The van der Waals surface area contributed by atoms with Crippen molar-refractivity contribution in [2.24, 2.45) is 4.99 Å². The van der Waals surface area contributed by atoms with Crippen molar-refractivity contribution in [1.29, 1.82) is 0 Å². The first kappa shape index (κ1) is 14.6. The molecule has 3 rings (SSSR count). The highest BCUT2D eigenvalue weighted by Crippen LogP contribution is 2.37. The highest BCUT2D eigenvalue weighted by atomic mass is 19.1. The maximum atomic E-state index is 13.7. The number of nitrogens with zero attached hydrogens (tertiary/aromatic N) is 1. The van der Waals surface area contributed by atoms with E-state index in [4.69, 9.17) is 4.42 Å². The number of hydrogen-bond acceptors (Lipinski definition) is 2. The Morgan fingerprint density at radius 3 is 2.77 bits per heavy atom. The summed E-state index contributed by atoms with van der Waals surface area (Å²) in [6.07, 6.45) is 3.49. The fourth-order valence-electron chi connectivity index (χ4n) is 2.77. The lowest BCUT2D eigenvalue weighted by molar-refractivity contribution is 0.314. The van der Waals surface area contributed by atoms with E-state index in [1.54, 1.807) is 19.4 Å². The fourth-order valence-corrected chi connectivity index (χ4v) is 2.77. The Balaban J connectivity index is 1.47. The van der Waals surface area contributed by atoms with Crippen LogP contribution in [0.3, 0.4) is 0 Å². The van der Waals surface area contributed by atoms with Gasteiger partial charge in [-0.3, -0.25) is 4.99 Å². The lowest BCUT2D eigenvalue weighted by atomic mass is 9.76. The van der Waals surface area contributed by atoms with E-state index >= 15 is 0 Å². The Morgan fingerprint density at radius 1 is 1.27 bits per heavy atom. The Labute approximate surface area is 129 Å². The summed E-state index contributed by atoms with van der Waals surface area (Å²) in [5.41, 5.74) is 0.819. The van der Waals surface area contributed by atoms with Gasteiger partial charge < -0.3 is 15.1 Å². The molecule has 1 heterocycles. The van der Waals surface area contributed by atoms with Gasteiger partial charge in [-0.2, -0.15) is 0 Å². The van der Waals surface area contributed by atoms with Crippen molar-refractivity contribution in [1.82, 2.24) is 10.6 Å². The topological polar surface area (TPSA) is 49.6 Å². The lowest BCUT2D eigenvalue weighted by Gasteiger charge is -2.37. The molecule has 0 radical (unpaired) electrons. The second-order valence-electron chi connectivity index (χ2n) is 5.54. The maximum Gasteiger partial charge on any atom is 0.191 e. The summed E-state index contributed by atoms with van der Waals surface area (Å²) in [4.78, 5) is 4.20. The number of halogens is 1. The SMILES string of the molecule is CN=C(NCc1ccco1)NC1CC(c2ccccc2F)C1. The third kappa shape index (κ3) is 3.30. The van der Waals surface area contributed by atoms with Gasteiger partial charge in [0.1, 0.15) is 11.6 Å². The van der Waals surface area contributed by atoms with Crippen LogP contribution in [0.25, 0.3) is 0 Å². The van der Waals surface area contributed by atoms with Crippen LogP contribution in [0, 0.1) is 5.82 Å². The van der Waals surface area contributed by atoms with Crippen LogP contribution in [0.1, 0.15) is 30.1 Å². The minimum Gasteiger partial charge on any atom is -0.467 e. The van der Waals surface area contributed by atoms with Gasteiger partial charge >= 0.3 is 0 Å². The zero-order chi connectivity index (χ0) is 15.4. The molecule has 1 saturated carbocycles. The second kappa shape index (κ2) is 6.64. The van der Waals surface area contributed by atoms with Crippen molar-refractivity contribution in [2.75, 3.05) is 7.05 Å². The molecular formula is C17H20FN3O.